The van der Waals surface area contributed by atoms with Crippen molar-refractivity contribution in [2.45, 2.75) is 39.5 Å². The summed E-state index contributed by atoms with van der Waals surface area (Å²) in [7, 11) is 1.58. The first kappa shape index (κ1) is 21.6. The molecule has 1 N–H and O–H groups in total. The third-order valence-electron chi connectivity index (χ3n) is 3.41. The molecule has 6 heteroatoms. The molecule has 2 rings (SSSR count). The lowest BCUT2D eigenvalue weighted by Gasteiger charge is -2.21. The SMILES string of the molecule is COc1cc(CNC(C)(C)C)cc(Cl)c1OCc1ccc(F)cc1.Cl. The summed E-state index contributed by atoms with van der Waals surface area (Å²) in [5, 5.41) is 3.90. The lowest BCUT2D eigenvalue weighted by molar-refractivity contribution is 0.284. The van der Waals surface area contributed by atoms with E-state index in [9.17, 15) is 4.39 Å². The Morgan fingerprint density at radius 3 is 2.28 bits per heavy atom. The van der Waals surface area contributed by atoms with Crippen LogP contribution in [0.25, 0.3) is 0 Å². The average Bonchev–Trinajstić information content (AvgIpc) is 2.52. The van der Waals surface area contributed by atoms with Crippen molar-refractivity contribution in [1.29, 1.82) is 0 Å². The number of hydrogen-bond acceptors (Lipinski definition) is 3. The largest absolute Gasteiger partial charge is 0.493 e. The summed E-state index contributed by atoms with van der Waals surface area (Å²) >= 11 is 6.36. The number of halogens is 3. The Hall–Kier alpha value is -1.49. The molecule has 0 bridgehead atoms. The summed E-state index contributed by atoms with van der Waals surface area (Å²) in [4.78, 5) is 0. The van der Waals surface area contributed by atoms with E-state index in [-0.39, 0.29) is 30.4 Å². The second-order valence-corrected chi connectivity index (χ2v) is 7.03. The van der Waals surface area contributed by atoms with Gasteiger partial charge in [-0.3, -0.25) is 0 Å². The van der Waals surface area contributed by atoms with Gasteiger partial charge in [0.2, 0.25) is 0 Å². The summed E-state index contributed by atoms with van der Waals surface area (Å²) in [5.74, 6) is 0.795. The molecule has 0 spiro atoms. The quantitative estimate of drug-likeness (QED) is 0.721. The van der Waals surface area contributed by atoms with Gasteiger partial charge in [0, 0.05) is 12.1 Å². The number of benzene rings is 2. The van der Waals surface area contributed by atoms with Gasteiger partial charge >= 0.3 is 0 Å². The Kier molecular flexibility index (Phi) is 8.00. The number of methoxy groups -OCH3 is 1. The van der Waals surface area contributed by atoms with E-state index in [2.05, 4.69) is 26.1 Å². The lowest BCUT2D eigenvalue weighted by Crippen LogP contribution is -2.35. The van der Waals surface area contributed by atoms with E-state index in [1.165, 1.54) is 12.1 Å². The molecular formula is C19H24Cl2FNO2. The smallest absolute Gasteiger partial charge is 0.180 e. The van der Waals surface area contributed by atoms with Crippen molar-refractivity contribution < 1.29 is 13.9 Å². The second-order valence-electron chi connectivity index (χ2n) is 6.63. The highest BCUT2D eigenvalue weighted by Crippen LogP contribution is 2.37. The second kappa shape index (κ2) is 9.27. The zero-order chi connectivity index (χ0) is 17.7. The molecule has 2 aromatic rings. The van der Waals surface area contributed by atoms with Gasteiger partial charge in [-0.05, 0) is 56.2 Å². The molecular weight excluding hydrogens is 364 g/mol. The molecule has 0 aliphatic carbocycles. The van der Waals surface area contributed by atoms with Crippen molar-refractivity contribution in [3.05, 3.63) is 58.4 Å². The van der Waals surface area contributed by atoms with Crippen LogP contribution in [0.1, 0.15) is 31.9 Å². The Balaban J connectivity index is 0.00000312. The number of hydrogen-bond donors (Lipinski definition) is 1. The molecule has 0 unspecified atom stereocenters. The van der Waals surface area contributed by atoms with Gasteiger partial charge in [0.1, 0.15) is 12.4 Å². The van der Waals surface area contributed by atoms with Gasteiger partial charge in [-0.15, -0.1) is 12.4 Å². The van der Waals surface area contributed by atoms with E-state index in [1.807, 2.05) is 12.1 Å². The van der Waals surface area contributed by atoms with Crippen LogP contribution in [0.3, 0.4) is 0 Å². The molecule has 0 saturated heterocycles. The van der Waals surface area contributed by atoms with Crippen LogP contribution < -0.4 is 14.8 Å². The molecule has 0 amide bonds. The topological polar surface area (TPSA) is 30.5 Å². The van der Waals surface area contributed by atoms with Gasteiger partial charge < -0.3 is 14.8 Å². The zero-order valence-corrected chi connectivity index (χ0v) is 16.4. The normalized spacial score (nSPS) is 11.0. The molecule has 0 saturated carbocycles. The van der Waals surface area contributed by atoms with E-state index in [0.717, 1.165) is 11.1 Å². The first-order valence-corrected chi connectivity index (χ1v) is 8.15. The zero-order valence-electron chi connectivity index (χ0n) is 14.9. The van der Waals surface area contributed by atoms with Crippen LogP contribution in [0.4, 0.5) is 4.39 Å². The summed E-state index contributed by atoms with van der Waals surface area (Å²) in [6.45, 7) is 7.28. The van der Waals surface area contributed by atoms with E-state index in [1.54, 1.807) is 19.2 Å². The van der Waals surface area contributed by atoms with Crippen LogP contribution in [0.5, 0.6) is 11.5 Å². The van der Waals surface area contributed by atoms with Gasteiger partial charge in [-0.2, -0.15) is 0 Å². The van der Waals surface area contributed by atoms with Crippen LogP contribution in [-0.4, -0.2) is 12.6 Å². The Labute approximate surface area is 159 Å². The maximum atomic E-state index is 12.9. The standard InChI is InChI=1S/C19H23ClFNO2.ClH/c1-19(2,3)22-11-14-9-16(20)18(17(10-14)23-4)24-12-13-5-7-15(21)8-6-13;/h5-10,22H,11-12H2,1-4H3;1H. The van der Waals surface area contributed by atoms with Gasteiger partial charge in [0.25, 0.3) is 0 Å². The third-order valence-corrected chi connectivity index (χ3v) is 3.69. The number of nitrogens with one attached hydrogen (secondary N) is 1. The van der Waals surface area contributed by atoms with E-state index in [4.69, 9.17) is 21.1 Å². The van der Waals surface area contributed by atoms with Crippen LogP contribution in [0.15, 0.2) is 36.4 Å². The summed E-state index contributed by atoms with van der Waals surface area (Å²) in [5.41, 5.74) is 1.88. The third kappa shape index (κ3) is 6.73. The number of rotatable bonds is 6. The van der Waals surface area contributed by atoms with Gasteiger partial charge in [-0.25, -0.2) is 4.39 Å². The minimum Gasteiger partial charge on any atom is -0.493 e. The minimum absolute atomic E-state index is 0. The maximum absolute atomic E-state index is 12.9. The summed E-state index contributed by atoms with van der Waals surface area (Å²) < 4.78 is 24.1. The molecule has 0 radical (unpaired) electrons. The van der Waals surface area contributed by atoms with Gasteiger partial charge in [0.05, 0.1) is 12.1 Å². The van der Waals surface area contributed by atoms with Crippen molar-refractivity contribution in [3.8, 4) is 11.5 Å². The molecule has 0 heterocycles. The van der Waals surface area contributed by atoms with Crippen LogP contribution in [0, 0.1) is 5.82 Å². The van der Waals surface area contributed by atoms with Crippen molar-refractivity contribution in [1.82, 2.24) is 5.32 Å². The fourth-order valence-corrected chi connectivity index (χ4v) is 2.41. The first-order chi connectivity index (χ1) is 11.3. The Morgan fingerprint density at radius 1 is 1.08 bits per heavy atom. The molecule has 2 aromatic carbocycles. The van der Waals surface area contributed by atoms with Crippen molar-refractivity contribution >= 4 is 24.0 Å². The fraction of sp³-hybridized carbons (Fsp3) is 0.368. The fourth-order valence-electron chi connectivity index (χ4n) is 2.12. The number of ether oxygens (including phenoxy) is 2. The monoisotopic (exact) mass is 387 g/mol. The van der Waals surface area contributed by atoms with E-state index in [0.29, 0.717) is 23.1 Å². The molecule has 0 aromatic heterocycles. The molecule has 25 heavy (non-hydrogen) atoms. The minimum atomic E-state index is -0.273. The maximum Gasteiger partial charge on any atom is 0.180 e. The lowest BCUT2D eigenvalue weighted by atomic mass is 10.1. The highest BCUT2D eigenvalue weighted by Gasteiger charge is 2.14. The summed E-state index contributed by atoms with van der Waals surface area (Å²) in [6.07, 6.45) is 0. The molecule has 138 valence electrons. The molecule has 3 nitrogen and oxygen atoms in total. The van der Waals surface area contributed by atoms with Crippen LogP contribution >= 0.6 is 24.0 Å². The highest BCUT2D eigenvalue weighted by molar-refractivity contribution is 6.32. The average molecular weight is 388 g/mol. The van der Waals surface area contributed by atoms with Gasteiger partial charge in [-0.1, -0.05) is 23.7 Å². The van der Waals surface area contributed by atoms with Crippen LogP contribution in [0.2, 0.25) is 5.02 Å². The van der Waals surface area contributed by atoms with E-state index < -0.39 is 0 Å². The molecule has 0 aliphatic heterocycles. The molecule has 0 aliphatic rings. The predicted molar refractivity (Wildman–Crippen MR) is 103 cm³/mol. The van der Waals surface area contributed by atoms with Crippen LogP contribution in [-0.2, 0) is 13.2 Å². The summed E-state index contributed by atoms with van der Waals surface area (Å²) in [6, 6.07) is 9.93. The van der Waals surface area contributed by atoms with Crippen molar-refractivity contribution in [2.24, 2.45) is 0 Å². The molecule has 0 fully saturated rings. The first-order valence-electron chi connectivity index (χ1n) is 7.77. The Bertz CT molecular complexity index is 685. The van der Waals surface area contributed by atoms with Crippen molar-refractivity contribution in [2.75, 3.05) is 7.11 Å². The van der Waals surface area contributed by atoms with Gasteiger partial charge in [0.15, 0.2) is 11.5 Å². The van der Waals surface area contributed by atoms with E-state index >= 15 is 0 Å². The predicted octanol–water partition coefficient (Wildman–Crippen LogP) is 5.38. The Morgan fingerprint density at radius 2 is 1.72 bits per heavy atom. The highest BCUT2D eigenvalue weighted by atomic mass is 35.5. The van der Waals surface area contributed by atoms with Crippen molar-refractivity contribution in [3.63, 3.8) is 0 Å². The molecule has 0 atom stereocenters.